The number of amides is 1. The van der Waals surface area contributed by atoms with E-state index < -0.39 is 186 Å². The molecule has 2 bridgehead atoms. The zero-order chi connectivity index (χ0) is 63.5. The molecule has 27 atom stereocenters. The molecule has 8 N–H and O–H groups in total. The van der Waals surface area contributed by atoms with Gasteiger partial charge >= 0.3 is 18.0 Å². The van der Waals surface area contributed by atoms with Crippen LogP contribution in [0.5, 0.6) is 0 Å². The molecule has 0 aromatic rings. The van der Waals surface area contributed by atoms with E-state index in [1.165, 1.54) is 39.2 Å². The van der Waals surface area contributed by atoms with Gasteiger partial charge in [-0.2, -0.15) is 0 Å². The van der Waals surface area contributed by atoms with Crippen molar-refractivity contribution in [2.75, 3.05) is 7.11 Å². The van der Waals surface area contributed by atoms with Crippen molar-refractivity contribution in [3.8, 4) is 0 Å². The Hall–Kier alpha value is -4.73. The second kappa shape index (κ2) is 26.2. The fourth-order valence-corrected chi connectivity index (χ4v) is 15.7. The minimum atomic E-state index is -2.08. The normalized spacial score (nSPS) is 46.0. The Balaban J connectivity index is 1.04. The molecule has 5 aliphatic heterocycles. The number of fused-ring (bicyclic) bond motifs is 4. The number of ether oxygens (including phenoxy) is 11. The molecule has 27 unspecified atom stereocenters. The van der Waals surface area contributed by atoms with E-state index in [1.807, 2.05) is 26.0 Å². The fourth-order valence-electron chi connectivity index (χ4n) is 15.7. The van der Waals surface area contributed by atoms with E-state index in [0.717, 1.165) is 5.57 Å². The molecule has 5 heterocycles. The van der Waals surface area contributed by atoms with Crippen LogP contribution in [0, 0.1) is 40.9 Å². The molecule has 0 aromatic heterocycles. The molecular weight excluding hydrogens is 1130 g/mol. The second-order valence-electron chi connectivity index (χ2n) is 26.6. The topological polar surface area (TPSA) is 326 Å². The molecule has 484 valence electrons. The standard InChI is InChI=1S/C64H92N2O21/c1-28-14-19-45(83-50-27-62(11,65)57(36(9)81-50)66-61(76)77-13)29(2)21-41-42(69)22-38(16-15-32(5)67)26-64(41)59(74)51(60(75)87-64)58(73)63(12)40(28)18-17-39-52(63)30(3)20-31(4)54(39)85-49-25-46(56(35(8)80-49)82-37(10)68)84-47-24-44(71)55(34(7)79-47)86-48-23-43(70)53(72)33(6)78-48/h14-18,21-22,30-31,33-36,39-50,52-57,69-73H,19-20,23-27,65H2,1-13H3,(H,66,76). The molecule has 1 amide bonds. The number of carbonyl (C=O) groups is 5. The third-order valence-electron chi connectivity index (χ3n) is 19.9. The number of carbonyl (C=O) groups excluding carboxylic acids is 5. The van der Waals surface area contributed by atoms with Crippen LogP contribution in [0.4, 0.5) is 4.79 Å². The summed E-state index contributed by atoms with van der Waals surface area (Å²) >= 11 is 0. The van der Waals surface area contributed by atoms with Crippen LogP contribution in [-0.4, -0.2) is 184 Å². The number of hydrogen-bond acceptors (Lipinski definition) is 22. The Bertz CT molecular complexity index is 2770. The SMILES string of the molecule is COC(=O)NC1C(C)OC(OC2CC=C(C)C3C=CC4C(OC5CC(OC6CC(O)C(OC7CC(O)C(O)C(C)O7)C(C)O6)C(OC(C)=O)C(C)O5)C(C)CC(C)C4C3(C)C(O)=C3C(=O)OC4(CC(C=CC(C)=O)=CC(O)C4C=C2C)C3=O)CC1(C)N. The zero-order valence-electron chi connectivity index (χ0n) is 52.2. The van der Waals surface area contributed by atoms with Gasteiger partial charge in [-0.15, -0.1) is 0 Å². The van der Waals surface area contributed by atoms with Gasteiger partial charge in [0.15, 0.2) is 42.6 Å². The fraction of sp³-hybridized carbons (Fsp3) is 0.734. The van der Waals surface area contributed by atoms with Crippen molar-refractivity contribution >= 4 is 29.6 Å². The van der Waals surface area contributed by atoms with E-state index in [-0.39, 0.29) is 56.1 Å². The average Bonchev–Trinajstić information content (AvgIpc) is 1.74. The Morgan fingerprint density at radius 3 is 2.02 bits per heavy atom. The molecule has 1 spiro atoms. The minimum Gasteiger partial charge on any atom is -0.511 e. The highest BCUT2D eigenvalue weighted by Crippen LogP contribution is 2.61. The third-order valence-corrected chi connectivity index (χ3v) is 19.9. The van der Waals surface area contributed by atoms with E-state index >= 15 is 4.79 Å². The lowest BCUT2D eigenvalue weighted by Gasteiger charge is -2.56. The predicted molar refractivity (Wildman–Crippen MR) is 309 cm³/mol. The van der Waals surface area contributed by atoms with Crippen LogP contribution in [0.1, 0.15) is 128 Å². The van der Waals surface area contributed by atoms with Gasteiger partial charge in [-0.05, 0) is 103 Å². The Morgan fingerprint density at radius 2 is 1.38 bits per heavy atom. The minimum absolute atomic E-state index is 0.00980. The van der Waals surface area contributed by atoms with Crippen molar-refractivity contribution in [3.05, 3.63) is 70.6 Å². The highest BCUT2D eigenvalue weighted by Gasteiger charge is 2.65. The number of alkyl carbamates (subject to hydrolysis) is 1. The van der Waals surface area contributed by atoms with E-state index in [1.54, 1.807) is 47.6 Å². The average molecular weight is 1230 g/mol. The van der Waals surface area contributed by atoms with E-state index in [2.05, 4.69) is 25.2 Å². The van der Waals surface area contributed by atoms with Gasteiger partial charge in [-0.1, -0.05) is 62.8 Å². The van der Waals surface area contributed by atoms with Crippen LogP contribution in [-0.2, 0) is 71.3 Å². The van der Waals surface area contributed by atoms with Crippen LogP contribution >= 0.6 is 0 Å². The first-order valence-electron chi connectivity index (χ1n) is 30.8. The number of nitrogens with one attached hydrogen (secondary N) is 1. The van der Waals surface area contributed by atoms with Gasteiger partial charge in [0.05, 0.1) is 74.0 Å². The quantitative estimate of drug-likeness (QED) is 0.0442. The lowest BCUT2D eigenvalue weighted by atomic mass is 9.49. The van der Waals surface area contributed by atoms with Gasteiger partial charge in [-0.3, -0.25) is 14.4 Å². The summed E-state index contributed by atoms with van der Waals surface area (Å²) in [7, 11) is 1.26. The number of nitrogens with two attached hydrogens (primary N) is 1. The van der Waals surface area contributed by atoms with Crippen LogP contribution in [0.25, 0.3) is 0 Å². The maximum absolute atomic E-state index is 15.7. The van der Waals surface area contributed by atoms with Crippen molar-refractivity contribution in [2.45, 2.75) is 250 Å². The van der Waals surface area contributed by atoms with Crippen LogP contribution in [0.2, 0.25) is 0 Å². The number of ketones is 2. The van der Waals surface area contributed by atoms with E-state index in [4.69, 9.17) is 57.8 Å². The summed E-state index contributed by atoms with van der Waals surface area (Å²) in [5, 5.41) is 60.4. The molecule has 0 radical (unpaired) electrons. The van der Waals surface area contributed by atoms with Crippen molar-refractivity contribution < 1.29 is 102 Å². The molecule has 9 aliphatic rings. The maximum atomic E-state index is 15.7. The smallest absolute Gasteiger partial charge is 0.407 e. The van der Waals surface area contributed by atoms with Gasteiger partial charge in [0.1, 0.15) is 29.6 Å². The van der Waals surface area contributed by atoms with E-state index in [9.17, 15) is 44.7 Å². The molecule has 9 rings (SSSR count). The van der Waals surface area contributed by atoms with Gasteiger partial charge in [0.25, 0.3) is 0 Å². The molecular formula is C64H92N2O21. The Morgan fingerprint density at radius 1 is 0.747 bits per heavy atom. The number of aliphatic hydroxyl groups is 5. The van der Waals surface area contributed by atoms with Crippen molar-refractivity contribution in [1.82, 2.24) is 5.32 Å². The van der Waals surface area contributed by atoms with Crippen LogP contribution in [0.15, 0.2) is 70.6 Å². The number of methoxy groups -OCH3 is 1. The summed E-state index contributed by atoms with van der Waals surface area (Å²) in [4.78, 5) is 67.9. The van der Waals surface area contributed by atoms with Gasteiger partial charge in [0.2, 0.25) is 5.78 Å². The summed E-state index contributed by atoms with van der Waals surface area (Å²) < 4.78 is 68.8. The van der Waals surface area contributed by atoms with E-state index in [0.29, 0.717) is 17.6 Å². The number of rotatable bonds is 12. The predicted octanol–water partition coefficient (Wildman–Crippen LogP) is 5.05. The molecule has 5 saturated heterocycles. The summed E-state index contributed by atoms with van der Waals surface area (Å²) in [6, 6.07) is -0.643. The number of Topliss-reactive ketones (excluding diaryl/α,β-unsaturated/α-hetero) is 1. The Labute approximate surface area is 508 Å². The summed E-state index contributed by atoms with van der Waals surface area (Å²) in [5.74, 6) is -6.30. The lowest BCUT2D eigenvalue weighted by molar-refractivity contribution is -0.335. The van der Waals surface area contributed by atoms with Crippen molar-refractivity contribution in [1.29, 1.82) is 0 Å². The molecule has 23 nitrogen and oxygen atoms in total. The second-order valence-corrected chi connectivity index (χ2v) is 26.6. The Kier molecular flexibility index (Phi) is 20.1. The van der Waals surface area contributed by atoms with Crippen LogP contribution < -0.4 is 11.1 Å². The van der Waals surface area contributed by atoms with Gasteiger partial charge in [-0.25, -0.2) is 9.59 Å². The third kappa shape index (κ3) is 13.4. The van der Waals surface area contributed by atoms with Crippen LogP contribution in [0.3, 0.4) is 0 Å². The highest BCUT2D eigenvalue weighted by atomic mass is 16.7. The molecule has 0 aromatic carbocycles. The molecule has 6 fully saturated rings. The van der Waals surface area contributed by atoms with Crippen molar-refractivity contribution in [2.24, 2.45) is 46.7 Å². The molecule has 4 aliphatic carbocycles. The lowest BCUT2D eigenvalue weighted by Crippen LogP contribution is -2.66. The van der Waals surface area contributed by atoms with Crippen molar-refractivity contribution in [3.63, 3.8) is 0 Å². The largest absolute Gasteiger partial charge is 0.511 e. The summed E-state index contributed by atoms with van der Waals surface area (Å²) in [6.45, 7) is 21.1. The summed E-state index contributed by atoms with van der Waals surface area (Å²) in [5.41, 5.74) is 3.57. The highest BCUT2D eigenvalue weighted by molar-refractivity contribution is 6.26. The van der Waals surface area contributed by atoms with Gasteiger partial charge in [0, 0.05) is 61.8 Å². The number of aliphatic hydroxyl groups excluding tert-OH is 5. The monoisotopic (exact) mass is 1220 g/mol. The molecule has 1 saturated carbocycles. The first-order valence-corrected chi connectivity index (χ1v) is 30.8. The zero-order valence-corrected chi connectivity index (χ0v) is 52.2. The first-order chi connectivity index (χ1) is 40.9. The number of esters is 2. The van der Waals surface area contributed by atoms with Gasteiger partial charge < -0.3 is 88.7 Å². The number of allylic oxidation sites excluding steroid dienone is 5. The summed E-state index contributed by atoms with van der Waals surface area (Å²) in [6.07, 6.45) is -3.16. The molecule has 23 heteroatoms. The molecule has 87 heavy (non-hydrogen) atoms. The first kappa shape index (κ1) is 66.7. The number of hydrogen-bond donors (Lipinski definition) is 7. The maximum Gasteiger partial charge on any atom is 0.407 e.